The maximum atomic E-state index is 13.6. The van der Waals surface area contributed by atoms with E-state index in [0.29, 0.717) is 31.3 Å². The van der Waals surface area contributed by atoms with Crippen molar-refractivity contribution in [1.29, 1.82) is 0 Å². The minimum Gasteiger partial charge on any atom is -0.477 e. The molecule has 2 unspecified atom stereocenters. The van der Waals surface area contributed by atoms with Gasteiger partial charge in [0.2, 0.25) is 5.88 Å². The summed E-state index contributed by atoms with van der Waals surface area (Å²) in [6, 6.07) is 1.77. The van der Waals surface area contributed by atoms with E-state index in [0.717, 1.165) is 12.2 Å². The summed E-state index contributed by atoms with van der Waals surface area (Å²) >= 11 is 0. The first kappa shape index (κ1) is 12.2. The highest BCUT2D eigenvalue weighted by Gasteiger charge is 2.25. The Bertz CT molecular complexity index is 366. The van der Waals surface area contributed by atoms with Gasteiger partial charge in [-0.1, -0.05) is 0 Å². The molecule has 5 heteroatoms. The van der Waals surface area contributed by atoms with Crippen LogP contribution in [0.3, 0.4) is 0 Å². The van der Waals surface area contributed by atoms with Gasteiger partial charge < -0.3 is 10.1 Å². The Balaban J connectivity index is 1.92. The largest absolute Gasteiger partial charge is 0.477 e. The molecule has 1 aliphatic rings. The van der Waals surface area contributed by atoms with E-state index in [-0.39, 0.29) is 5.92 Å². The van der Waals surface area contributed by atoms with Crippen LogP contribution in [0, 0.1) is 19.8 Å². The molecule has 94 valence electrons. The number of halogens is 1. The van der Waals surface area contributed by atoms with Crippen LogP contribution in [0.15, 0.2) is 6.07 Å². The van der Waals surface area contributed by atoms with Crippen molar-refractivity contribution >= 4 is 0 Å². The summed E-state index contributed by atoms with van der Waals surface area (Å²) in [6.07, 6.45) is -0.212. The Kier molecular flexibility index (Phi) is 3.89. The molecule has 0 spiro atoms. The highest BCUT2D eigenvalue weighted by atomic mass is 19.1. The average molecular weight is 239 g/mol. The number of alkyl halides is 1. The monoisotopic (exact) mass is 239 g/mol. The Morgan fingerprint density at radius 3 is 3.00 bits per heavy atom. The van der Waals surface area contributed by atoms with E-state index < -0.39 is 6.17 Å². The van der Waals surface area contributed by atoms with Gasteiger partial charge in [0.25, 0.3) is 0 Å². The molecular weight excluding hydrogens is 221 g/mol. The topological polar surface area (TPSA) is 47.0 Å². The molecule has 4 nitrogen and oxygen atoms in total. The van der Waals surface area contributed by atoms with E-state index in [1.165, 1.54) is 0 Å². The lowest BCUT2D eigenvalue weighted by molar-refractivity contribution is 0.120. The van der Waals surface area contributed by atoms with Crippen LogP contribution >= 0.6 is 0 Å². The van der Waals surface area contributed by atoms with Crippen LogP contribution in [0.4, 0.5) is 4.39 Å². The molecule has 17 heavy (non-hydrogen) atoms. The smallest absolute Gasteiger partial charge is 0.216 e. The van der Waals surface area contributed by atoms with Crippen molar-refractivity contribution in [3.63, 3.8) is 0 Å². The number of nitrogens with zero attached hydrogens (tertiary/aromatic N) is 2. The third kappa shape index (κ3) is 3.36. The average Bonchev–Trinajstić information content (AvgIpc) is 2.27. The number of aryl methyl sites for hydroxylation is 2. The maximum absolute atomic E-state index is 13.6. The zero-order valence-electron chi connectivity index (χ0n) is 10.2. The Labute approximate surface area is 101 Å². The zero-order valence-corrected chi connectivity index (χ0v) is 10.2. The minimum absolute atomic E-state index is 0.0840. The molecule has 0 saturated carbocycles. The van der Waals surface area contributed by atoms with Crippen molar-refractivity contribution in [2.24, 2.45) is 5.92 Å². The predicted molar refractivity (Wildman–Crippen MR) is 62.9 cm³/mol. The first-order chi connectivity index (χ1) is 8.15. The fourth-order valence-corrected chi connectivity index (χ4v) is 2.00. The van der Waals surface area contributed by atoms with Gasteiger partial charge in [0.1, 0.15) is 12.0 Å². The van der Waals surface area contributed by atoms with Crippen LogP contribution in [0.2, 0.25) is 0 Å². The van der Waals surface area contributed by atoms with Crippen molar-refractivity contribution in [2.45, 2.75) is 26.4 Å². The second-order valence-corrected chi connectivity index (χ2v) is 4.47. The highest BCUT2D eigenvalue weighted by molar-refractivity contribution is 5.14. The molecule has 0 radical (unpaired) electrons. The molecule has 1 aliphatic heterocycles. The Morgan fingerprint density at radius 2 is 2.29 bits per heavy atom. The van der Waals surface area contributed by atoms with Gasteiger partial charge in [-0.3, -0.25) is 0 Å². The second kappa shape index (κ2) is 5.40. The van der Waals surface area contributed by atoms with Gasteiger partial charge in [0.05, 0.1) is 6.61 Å². The molecule has 1 aromatic rings. The minimum atomic E-state index is -0.778. The van der Waals surface area contributed by atoms with Gasteiger partial charge in [-0.15, -0.1) is 0 Å². The second-order valence-electron chi connectivity index (χ2n) is 4.47. The SMILES string of the molecule is Cc1cc(OCC2CNCCC2F)nc(C)n1. The number of nitrogens with one attached hydrogen (secondary N) is 1. The number of rotatable bonds is 3. The quantitative estimate of drug-likeness (QED) is 0.866. The third-order valence-corrected chi connectivity index (χ3v) is 2.90. The normalized spacial score (nSPS) is 24.6. The first-order valence-corrected chi connectivity index (χ1v) is 5.95. The molecule has 1 aromatic heterocycles. The summed E-state index contributed by atoms with van der Waals surface area (Å²) in [5, 5.41) is 3.17. The predicted octanol–water partition coefficient (Wildman–Crippen LogP) is 1.42. The van der Waals surface area contributed by atoms with Gasteiger partial charge in [-0.05, 0) is 26.8 Å². The molecule has 1 saturated heterocycles. The van der Waals surface area contributed by atoms with E-state index in [2.05, 4.69) is 15.3 Å². The molecule has 0 aromatic carbocycles. The van der Waals surface area contributed by atoms with E-state index in [9.17, 15) is 4.39 Å². The molecule has 2 heterocycles. The first-order valence-electron chi connectivity index (χ1n) is 5.95. The molecule has 0 bridgehead atoms. The van der Waals surface area contributed by atoms with E-state index in [1.807, 2.05) is 13.8 Å². The van der Waals surface area contributed by atoms with Gasteiger partial charge in [0.15, 0.2) is 0 Å². The molecule has 1 fully saturated rings. The number of aromatic nitrogens is 2. The Morgan fingerprint density at radius 1 is 1.47 bits per heavy atom. The molecule has 0 aliphatic carbocycles. The number of piperidine rings is 1. The summed E-state index contributed by atoms with van der Waals surface area (Å²) < 4.78 is 19.1. The van der Waals surface area contributed by atoms with Gasteiger partial charge >= 0.3 is 0 Å². The lowest BCUT2D eigenvalue weighted by atomic mass is 9.98. The molecular formula is C12H18FN3O. The summed E-state index contributed by atoms with van der Waals surface area (Å²) in [6.45, 7) is 5.50. The number of ether oxygens (including phenoxy) is 1. The van der Waals surface area contributed by atoms with Crippen LogP contribution in [-0.2, 0) is 0 Å². The van der Waals surface area contributed by atoms with Crippen molar-refractivity contribution in [3.05, 3.63) is 17.6 Å². The summed E-state index contributed by atoms with van der Waals surface area (Å²) in [5.41, 5.74) is 0.867. The Hall–Kier alpha value is -1.23. The fourth-order valence-electron chi connectivity index (χ4n) is 2.00. The van der Waals surface area contributed by atoms with Gasteiger partial charge in [-0.25, -0.2) is 9.37 Å². The fraction of sp³-hybridized carbons (Fsp3) is 0.667. The van der Waals surface area contributed by atoms with E-state index >= 15 is 0 Å². The molecule has 1 N–H and O–H groups in total. The van der Waals surface area contributed by atoms with Gasteiger partial charge in [0, 0.05) is 24.2 Å². The zero-order chi connectivity index (χ0) is 12.3. The third-order valence-electron chi connectivity index (χ3n) is 2.90. The van der Waals surface area contributed by atoms with Crippen molar-refractivity contribution in [1.82, 2.24) is 15.3 Å². The summed E-state index contributed by atoms with van der Waals surface area (Å²) in [7, 11) is 0. The van der Waals surface area contributed by atoms with Crippen molar-refractivity contribution in [3.8, 4) is 5.88 Å². The van der Waals surface area contributed by atoms with E-state index in [1.54, 1.807) is 6.07 Å². The van der Waals surface area contributed by atoms with Crippen molar-refractivity contribution in [2.75, 3.05) is 19.7 Å². The van der Waals surface area contributed by atoms with Gasteiger partial charge in [-0.2, -0.15) is 4.98 Å². The molecule has 2 rings (SSSR count). The number of hydrogen-bond donors (Lipinski definition) is 1. The van der Waals surface area contributed by atoms with Crippen LogP contribution in [0.1, 0.15) is 17.9 Å². The highest BCUT2D eigenvalue weighted by Crippen LogP contribution is 2.17. The van der Waals surface area contributed by atoms with Crippen LogP contribution in [0.25, 0.3) is 0 Å². The molecule has 0 amide bonds. The summed E-state index contributed by atoms with van der Waals surface area (Å²) in [4.78, 5) is 8.33. The lowest BCUT2D eigenvalue weighted by Crippen LogP contribution is -2.40. The number of hydrogen-bond acceptors (Lipinski definition) is 4. The van der Waals surface area contributed by atoms with Crippen LogP contribution in [0.5, 0.6) is 5.88 Å². The molecule has 2 atom stereocenters. The van der Waals surface area contributed by atoms with Crippen LogP contribution < -0.4 is 10.1 Å². The van der Waals surface area contributed by atoms with E-state index in [4.69, 9.17) is 4.74 Å². The van der Waals surface area contributed by atoms with Crippen molar-refractivity contribution < 1.29 is 9.13 Å². The maximum Gasteiger partial charge on any atom is 0.216 e. The van der Waals surface area contributed by atoms with Crippen LogP contribution in [-0.4, -0.2) is 35.8 Å². The standard InChI is InChI=1S/C12H18FN3O/c1-8-5-12(16-9(2)15-8)17-7-10-6-14-4-3-11(10)13/h5,10-11,14H,3-4,6-7H2,1-2H3. The summed E-state index contributed by atoms with van der Waals surface area (Å²) in [5.74, 6) is 1.13. The lowest BCUT2D eigenvalue weighted by Gasteiger charge is -2.26.